The molecule has 7 aromatic carbocycles. The Hall–Kier alpha value is -6.87. The van der Waals surface area contributed by atoms with Crippen molar-refractivity contribution in [1.29, 1.82) is 0 Å². The summed E-state index contributed by atoms with van der Waals surface area (Å²) in [4.78, 5) is 21.5. The third-order valence-corrected chi connectivity index (χ3v) is 17.0. The Bertz CT molecular complexity index is 2560. The molecular weight excluding hydrogens is 927 g/mol. The third-order valence-electron chi connectivity index (χ3n) is 11.1. The van der Waals surface area contributed by atoms with Gasteiger partial charge in [0.1, 0.15) is 12.6 Å². The van der Waals surface area contributed by atoms with Crippen LogP contribution in [0.2, 0.25) is 0 Å². The van der Waals surface area contributed by atoms with Crippen molar-refractivity contribution in [3.63, 3.8) is 0 Å². The summed E-state index contributed by atoms with van der Waals surface area (Å²) in [6.45, 7) is 4.38. The molecule has 0 saturated carbocycles. The van der Waals surface area contributed by atoms with E-state index in [1.165, 1.54) is 17.5 Å². The second-order valence-electron chi connectivity index (χ2n) is 15.5. The molecule has 0 spiro atoms. The van der Waals surface area contributed by atoms with E-state index in [9.17, 15) is 14.2 Å². The molecule has 2 saturated heterocycles. The zero-order valence-electron chi connectivity index (χ0n) is 37.8. The fraction of sp³-hybridized carbons (Fsp3) is 0.175. The van der Waals surface area contributed by atoms with E-state index in [1.54, 1.807) is 6.08 Å². The lowest BCUT2D eigenvalue weighted by Crippen LogP contribution is -2.31. The van der Waals surface area contributed by atoms with E-state index in [0.29, 0.717) is 31.4 Å². The Morgan fingerprint density at radius 1 is 0.586 bits per heavy atom. The molecule has 2 N–H and O–H groups in total. The van der Waals surface area contributed by atoms with Gasteiger partial charge < -0.3 is 38.6 Å². The van der Waals surface area contributed by atoms with Crippen LogP contribution >= 0.6 is 28.1 Å². The van der Waals surface area contributed by atoms with Crippen LogP contribution in [0.5, 0.6) is 0 Å². The van der Waals surface area contributed by atoms with Crippen LogP contribution in [0.25, 0.3) is 6.08 Å². The first-order chi connectivity index (χ1) is 33.5. The summed E-state index contributed by atoms with van der Waals surface area (Å²) < 4.78 is 30.0. The second kappa shape index (κ2) is 28.6. The van der Waals surface area contributed by atoms with Gasteiger partial charge in [-0.05, 0) is 90.1 Å². The number of allylic oxidation sites excluding steroid dienone is 1. The number of hydrogen-bond acceptors (Lipinski definition) is 7. The highest BCUT2D eigenvalue weighted by Gasteiger charge is 2.49. The summed E-state index contributed by atoms with van der Waals surface area (Å²) in [6.07, 6.45) is 5.13. The standard InChI is InChI=1S/C23H25N4OPS.C23H23N2O2P.C9H8O.2CH4/c30-23(25-20-10-4-1-5-11-20)24-16-19-28-29-26(21-12-6-2-7-13-21)17-18-27(29)22-14-8-3-9-15-22;26-19-16-23(20-10-4-1-5-11-20)28(27)24(21-12-6-2-7-13-21)17-18-25(28)22-14-8-3-9-15-22;10-8-4-7-9-5-2-1-3-6-9;;/h1-15H,16-19H2,(H2,24,25,30);1-15,19,23H,16-18H2;1-8H;2*1H4/b;;7-4+;;. The number of nitrogens with zero attached hydrogens (tertiary/aromatic N) is 4. The third kappa shape index (κ3) is 14.6. The number of hydrogen-bond donors (Lipinski definition) is 2. The first kappa shape index (κ1) is 54.1. The molecule has 1 unspecified atom stereocenters. The molecule has 70 heavy (non-hydrogen) atoms. The molecule has 0 amide bonds. The molecule has 1 atom stereocenters. The number of thiocarbonyl (C=S) groups is 1. The molecule has 0 bridgehead atoms. The van der Waals surface area contributed by atoms with Gasteiger partial charge in [-0.15, -0.1) is 0 Å². The van der Waals surface area contributed by atoms with Crippen LogP contribution in [0.1, 0.15) is 38.1 Å². The zero-order chi connectivity index (χ0) is 47.2. The van der Waals surface area contributed by atoms with Crippen molar-refractivity contribution in [3.8, 4) is 0 Å². The summed E-state index contributed by atoms with van der Waals surface area (Å²) in [5.41, 5.74) is 6.80. The molecule has 10 nitrogen and oxygen atoms in total. The number of rotatable bonds is 15. The molecule has 362 valence electrons. The van der Waals surface area contributed by atoms with Gasteiger partial charge >= 0.3 is 0 Å². The molecule has 0 aliphatic carbocycles. The fourth-order valence-electron chi connectivity index (χ4n) is 7.96. The van der Waals surface area contributed by atoms with Gasteiger partial charge in [0, 0.05) is 67.6 Å². The quantitative estimate of drug-likeness (QED) is 0.0338. The van der Waals surface area contributed by atoms with Crippen LogP contribution in [0.3, 0.4) is 0 Å². The first-order valence-corrected chi connectivity index (χ1v) is 25.8. The highest BCUT2D eigenvalue weighted by molar-refractivity contribution is 7.80. The summed E-state index contributed by atoms with van der Waals surface area (Å²) in [5.74, 6) is 0. The van der Waals surface area contributed by atoms with E-state index < -0.39 is 21.6 Å². The monoisotopic (exact) mass is 990 g/mol. The SMILES string of the molecule is C.C.O=C/C=C/c1ccccc1.O=CCC(c1ccccc1)P1(=O)N(c2ccccc2)CCN1c1ccccc1.S=C(NCCOP1N(c2ccccc2)CCN1c1ccccc1)Nc1ccccc1. The summed E-state index contributed by atoms with van der Waals surface area (Å²) in [5, 5.41) is 7.02. The predicted molar refractivity (Wildman–Crippen MR) is 301 cm³/mol. The van der Waals surface area contributed by atoms with E-state index in [0.717, 1.165) is 53.9 Å². The van der Waals surface area contributed by atoms with Crippen molar-refractivity contribution in [2.45, 2.75) is 26.9 Å². The van der Waals surface area contributed by atoms with Gasteiger partial charge in [-0.1, -0.05) is 173 Å². The molecule has 9 rings (SSSR count). The van der Waals surface area contributed by atoms with E-state index >= 15 is 0 Å². The minimum Gasteiger partial charge on any atom is -0.360 e. The molecule has 2 aliphatic rings. The molecule has 2 heterocycles. The maximum atomic E-state index is 14.9. The summed E-state index contributed by atoms with van der Waals surface area (Å²) in [6, 6.07) is 70.0. The topological polar surface area (TPSA) is 97.5 Å². The minimum absolute atomic E-state index is 0. The molecule has 7 aromatic rings. The van der Waals surface area contributed by atoms with Gasteiger partial charge in [0.2, 0.25) is 8.45 Å². The first-order valence-electron chi connectivity index (χ1n) is 22.6. The Kier molecular flexibility index (Phi) is 22.1. The highest BCUT2D eigenvalue weighted by atomic mass is 32.1. The van der Waals surface area contributed by atoms with Crippen LogP contribution in [0.15, 0.2) is 218 Å². The zero-order valence-corrected chi connectivity index (χ0v) is 40.4. The molecule has 13 heteroatoms. The number of carbonyl (C=O) groups excluding carboxylic acids is 2. The summed E-state index contributed by atoms with van der Waals surface area (Å²) in [7, 11) is -4.09. The molecule has 2 fully saturated rings. The molecule has 0 aromatic heterocycles. The van der Waals surface area contributed by atoms with Gasteiger partial charge in [0.15, 0.2) is 5.11 Å². The largest absolute Gasteiger partial charge is 0.360 e. The smallest absolute Gasteiger partial charge is 0.270 e. The van der Waals surface area contributed by atoms with Crippen molar-refractivity contribution in [1.82, 2.24) is 5.32 Å². The Labute approximate surface area is 422 Å². The Morgan fingerprint density at radius 3 is 1.44 bits per heavy atom. The Balaban J connectivity index is 0.000000213. The maximum Gasteiger partial charge on any atom is 0.270 e. The van der Waals surface area contributed by atoms with Gasteiger partial charge in [-0.25, -0.2) is 0 Å². The average molecular weight is 991 g/mol. The Morgan fingerprint density at radius 2 is 1.00 bits per heavy atom. The predicted octanol–water partition coefficient (Wildman–Crippen LogP) is 14.0. The lowest BCUT2D eigenvalue weighted by Gasteiger charge is -2.37. The molecule has 0 radical (unpaired) electrons. The average Bonchev–Trinajstić information content (AvgIpc) is 4.00. The van der Waals surface area contributed by atoms with Crippen LogP contribution in [-0.2, 0) is 18.7 Å². The van der Waals surface area contributed by atoms with Gasteiger partial charge in [0.25, 0.3) is 7.44 Å². The number of benzene rings is 7. The highest BCUT2D eigenvalue weighted by Crippen LogP contribution is 2.69. The van der Waals surface area contributed by atoms with Crippen molar-refractivity contribution < 1.29 is 18.7 Å². The number of nitrogens with one attached hydrogen (secondary N) is 2. The fourth-order valence-corrected chi connectivity index (χ4v) is 13.7. The van der Waals surface area contributed by atoms with Crippen molar-refractivity contribution in [2.75, 3.05) is 63.3 Å². The van der Waals surface area contributed by atoms with E-state index in [1.807, 2.05) is 173 Å². The van der Waals surface area contributed by atoms with E-state index in [4.69, 9.17) is 16.7 Å². The van der Waals surface area contributed by atoms with Crippen molar-refractivity contribution >= 4 is 80.3 Å². The lowest BCUT2D eigenvalue weighted by atomic mass is 10.1. The van der Waals surface area contributed by atoms with Crippen LogP contribution < -0.4 is 29.3 Å². The van der Waals surface area contributed by atoms with Gasteiger partial charge in [-0.3, -0.25) is 9.36 Å². The van der Waals surface area contributed by atoms with Crippen LogP contribution in [0, 0.1) is 0 Å². The number of aldehydes is 2. The lowest BCUT2D eigenvalue weighted by molar-refractivity contribution is -0.108. The number of carbonyl (C=O) groups is 2. The van der Waals surface area contributed by atoms with Crippen molar-refractivity contribution in [3.05, 3.63) is 230 Å². The summed E-state index contributed by atoms with van der Waals surface area (Å²) >= 11 is 5.39. The van der Waals surface area contributed by atoms with E-state index in [2.05, 4.69) is 68.5 Å². The van der Waals surface area contributed by atoms with Crippen LogP contribution in [-0.4, -0.2) is 57.0 Å². The normalized spacial score (nSPS) is 14.1. The molecule has 2 aliphatic heterocycles. The van der Waals surface area contributed by atoms with Crippen molar-refractivity contribution in [2.24, 2.45) is 0 Å². The number of anilines is 5. The van der Waals surface area contributed by atoms with Crippen LogP contribution in [0.4, 0.5) is 28.4 Å². The van der Waals surface area contributed by atoms with E-state index in [-0.39, 0.29) is 21.3 Å². The maximum absolute atomic E-state index is 14.9. The number of para-hydroxylation sites is 5. The second-order valence-corrected chi connectivity index (χ2v) is 20.4. The minimum atomic E-state index is -3.15. The van der Waals surface area contributed by atoms with Gasteiger partial charge in [0.05, 0.1) is 12.3 Å². The van der Waals surface area contributed by atoms with Gasteiger partial charge in [-0.2, -0.15) is 0 Å². The molecular formula is C57H64N6O4P2S.